The van der Waals surface area contributed by atoms with Crippen molar-refractivity contribution in [2.24, 2.45) is 0 Å². The molecule has 0 unspecified atom stereocenters. The van der Waals surface area contributed by atoms with Gasteiger partial charge in [-0.2, -0.15) is 18.3 Å². The molecular formula is C12H11BrF3N3O. The maximum atomic E-state index is 12.8. The maximum Gasteiger partial charge on any atom is 0.417 e. The number of alkyl halides is 3. The van der Waals surface area contributed by atoms with Gasteiger partial charge in [-0.1, -0.05) is 22.0 Å². The fourth-order valence-corrected chi connectivity index (χ4v) is 2.22. The van der Waals surface area contributed by atoms with Gasteiger partial charge in [0.05, 0.1) is 24.4 Å². The number of nitrogens with two attached hydrogens (primary N) is 1. The van der Waals surface area contributed by atoms with E-state index in [1.165, 1.54) is 22.9 Å². The standard InChI is InChI=1S/C12H11BrF3N3O/c13-9-2-1-7(5-8(9)12(14,15)16)10-6-11(17)19(18-10)3-4-20/h1-2,5-6,20H,3-4,17H2. The quantitative estimate of drug-likeness (QED) is 0.895. The molecule has 0 saturated heterocycles. The van der Waals surface area contributed by atoms with Gasteiger partial charge in [0.2, 0.25) is 0 Å². The van der Waals surface area contributed by atoms with Crippen molar-refractivity contribution in [1.82, 2.24) is 9.78 Å². The van der Waals surface area contributed by atoms with Crippen molar-refractivity contribution in [2.45, 2.75) is 12.7 Å². The first-order valence-corrected chi connectivity index (χ1v) is 6.43. The molecule has 0 fully saturated rings. The van der Waals surface area contributed by atoms with Crippen molar-refractivity contribution >= 4 is 21.7 Å². The van der Waals surface area contributed by atoms with Crippen molar-refractivity contribution in [3.05, 3.63) is 34.3 Å². The van der Waals surface area contributed by atoms with Gasteiger partial charge in [-0.05, 0) is 12.1 Å². The highest BCUT2D eigenvalue weighted by Gasteiger charge is 2.33. The van der Waals surface area contributed by atoms with Crippen LogP contribution in [0.15, 0.2) is 28.7 Å². The normalized spacial score (nSPS) is 11.8. The summed E-state index contributed by atoms with van der Waals surface area (Å²) in [4.78, 5) is 0. The van der Waals surface area contributed by atoms with Crippen molar-refractivity contribution < 1.29 is 18.3 Å². The van der Waals surface area contributed by atoms with Crippen molar-refractivity contribution in [2.75, 3.05) is 12.3 Å². The number of hydrogen-bond donors (Lipinski definition) is 2. The van der Waals surface area contributed by atoms with Crippen LogP contribution in [0.3, 0.4) is 0 Å². The van der Waals surface area contributed by atoms with Gasteiger partial charge in [-0.3, -0.25) is 0 Å². The molecule has 3 N–H and O–H groups in total. The molecule has 108 valence electrons. The maximum absolute atomic E-state index is 12.8. The van der Waals surface area contributed by atoms with Crippen LogP contribution in [0, 0.1) is 0 Å². The zero-order chi connectivity index (χ0) is 14.9. The molecule has 0 spiro atoms. The minimum Gasteiger partial charge on any atom is -0.394 e. The molecule has 1 heterocycles. The Morgan fingerprint density at radius 1 is 1.30 bits per heavy atom. The number of benzene rings is 1. The summed E-state index contributed by atoms with van der Waals surface area (Å²) in [7, 11) is 0. The van der Waals surface area contributed by atoms with E-state index >= 15 is 0 Å². The van der Waals surface area contributed by atoms with Gasteiger partial charge in [0.15, 0.2) is 0 Å². The second-order valence-electron chi connectivity index (χ2n) is 4.09. The zero-order valence-electron chi connectivity index (χ0n) is 10.2. The van der Waals surface area contributed by atoms with Crippen LogP contribution >= 0.6 is 15.9 Å². The molecule has 4 nitrogen and oxygen atoms in total. The predicted octanol–water partition coefficient (Wildman–Crippen LogP) is 2.91. The Bertz CT molecular complexity index is 625. The van der Waals surface area contributed by atoms with Gasteiger partial charge in [-0.15, -0.1) is 0 Å². The molecular weight excluding hydrogens is 339 g/mol. The Balaban J connectivity index is 2.46. The molecule has 1 aromatic heterocycles. The Kier molecular flexibility index (Phi) is 4.05. The van der Waals surface area contributed by atoms with Crippen molar-refractivity contribution in [3.8, 4) is 11.3 Å². The molecule has 0 saturated carbocycles. The average Bonchev–Trinajstić information content (AvgIpc) is 2.70. The molecule has 2 rings (SSSR count). The third kappa shape index (κ3) is 2.96. The van der Waals surface area contributed by atoms with E-state index < -0.39 is 11.7 Å². The van der Waals surface area contributed by atoms with Crippen LogP contribution in [0.1, 0.15) is 5.56 Å². The molecule has 0 radical (unpaired) electrons. The number of anilines is 1. The van der Waals surface area contributed by atoms with Crippen LogP contribution < -0.4 is 5.73 Å². The fraction of sp³-hybridized carbons (Fsp3) is 0.250. The van der Waals surface area contributed by atoms with Crippen LogP contribution in [-0.4, -0.2) is 21.5 Å². The lowest BCUT2D eigenvalue weighted by Crippen LogP contribution is -2.07. The topological polar surface area (TPSA) is 64.1 Å². The summed E-state index contributed by atoms with van der Waals surface area (Å²) < 4.78 is 39.8. The molecule has 0 aliphatic carbocycles. The summed E-state index contributed by atoms with van der Waals surface area (Å²) >= 11 is 2.88. The lowest BCUT2D eigenvalue weighted by atomic mass is 10.1. The highest BCUT2D eigenvalue weighted by Crippen LogP contribution is 2.37. The summed E-state index contributed by atoms with van der Waals surface area (Å²) in [5.41, 5.74) is 5.54. The zero-order valence-corrected chi connectivity index (χ0v) is 11.7. The Morgan fingerprint density at radius 3 is 2.60 bits per heavy atom. The lowest BCUT2D eigenvalue weighted by Gasteiger charge is -2.10. The number of halogens is 4. The Morgan fingerprint density at radius 2 is 2.00 bits per heavy atom. The van der Waals surface area contributed by atoms with E-state index in [1.807, 2.05) is 0 Å². The molecule has 0 aliphatic rings. The smallest absolute Gasteiger partial charge is 0.394 e. The van der Waals surface area contributed by atoms with Crippen molar-refractivity contribution in [3.63, 3.8) is 0 Å². The first-order valence-electron chi connectivity index (χ1n) is 5.64. The minimum absolute atomic E-state index is 0.0310. The van der Waals surface area contributed by atoms with Gasteiger partial charge >= 0.3 is 6.18 Å². The molecule has 0 atom stereocenters. The van der Waals surface area contributed by atoms with Gasteiger partial charge in [0.25, 0.3) is 0 Å². The van der Waals surface area contributed by atoms with E-state index in [2.05, 4.69) is 21.0 Å². The van der Waals surface area contributed by atoms with E-state index in [0.29, 0.717) is 11.3 Å². The van der Waals surface area contributed by atoms with E-state index in [0.717, 1.165) is 6.07 Å². The van der Waals surface area contributed by atoms with E-state index in [-0.39, 0.29) is 23.4 Å². The third-order valence-corrected chi connectivity index (χ3v) is 3.38. The minimum atomic E-state index is -4.45. The van der Waals surface area contributed by atoms with Gasteiger partial charge < -0.3 is 10.8 Å². The summed E-state index contributed by atoms with van der Waals surface area (Å²) in [6.07, 6.45) is -4.45. The fourth-order valence-electron chi connectivity index (χ4n) is 1.75. The number of rotatable bonds is 3. The Hall–Kier alpha value is -1.54. The number of hydrogen-bond acceptors (Lipinski definition) is 3. The molecule has 0 amide bonds. The van der Waals surface area contributed by atoms with Crippen LogP contribution in [-0.2, 0) is 12.7 Å². The van der Waals surface area contributed by atoms with Crippen LogP contribution in [0.4, 0.5) is 19.0 Å². The number of nitrogen functional groups attached to an aromatic ring is 1. The largest absolute Gasteiger partial charge is 0.417 e. The number of aliphatic hydroxyl groups is 1. The highest BCUT2D eigenvalue weighted by atomic mass is 79.9. The molecule has 8 heteroatoms. The molecule has 1 aromatic carbocycles. The number of aliphatic hydroxyl groups excluding tert-OH is 1. The molecule has 20 heavy (non-hydrogen) atoms. The van der Waals surface area contributed by atoms with Crippen LogP contribution in [0.5, 0.6) is 0 Å². The Labute approximate surface area is 121 Å². The van der Waals surface area contributed by atoms with Crippen molar-refractivity contribution in [1.29, 1.82) is 0 Å². The van der Waals surface area contributed by atoms with Crippen LogP contribution in [0.25, 0.3) is 11.3 Å². The SMILES string of the molecule is Nc1cc(-c2ccc(Br)c(C(F)(F)F)c2)nn1CCO. The summed E-state index contributed by atoms with van der Waals surface area (Å²) in [6, 6.07) is 5.32. The number of nitrogens with zero attached hydrogens (tertiary/aromatic N) is 2. The summed E-state index contributed by atoms with van der Waals surface area (Å²) in [5, 5.41) is 12.9. The summed E-state index contributed by atoms with van der Waals surface area (Å²) in [6.45, 7) is 0.0357. The molecule has 0 bridgehead atoms. The second-order valence-corrected chi connectivity index (χ2v) is 4.95. The summed E-state index contributed by atoms with van der Waals surface area (Å²) in [5.74, 6) is 0.283. The third-order valence-electron chi connectivity index (χ3n) is 2.69. The monoisotopic (exact) mass is 349 g/mol. The highest BCUT2D eigenvalue weighted by molar-refractivity contribution is 9.10. The average molecular weight is 350 g/mol. The van der Waals surface area contributed by atoms with E-state index in [9.17, 15) is 13.2 Å². The molecule has 2 aromatic rings. The molecule has 0 aliphatic heterocycles. The van der Waals surface area contributed by atoms with Crippen LogP contribution in [0.2, 0.25) is 0 Å². The lowest BCUT2D eigenvalue weighted by molar-refractivity contribution is -0.138. The van der Waals surface area contributed by atoms with E-state index in [1.54, 1.807) is 0 Å². The first-order chi connectivity index (χ1) is 9.32. The van der Waals surface area contributed by atoms with Gasteiger partial charge in [0, 0.05) is 16.1 Å². The van der Waals surface area contributed by atoms with Gasteiger partial charge in [0.1, 0.15) is 5.82 Å². The first kappa shape index (κ1) is 14.9. The predicted molar refractivity (Wildman–Crippen MR) is 71.9 cm³/mol. The van der Waals surface area contributed by atoms with Gasteiger partial charge in [-0.25, -0.2) is 4.68 Å². The number of aromatic nitrogens is 2. The van der Waals surface area contributed by atoms with E-state index in [4.69, 9.17) is 10.8 Å². The second kappa shape index (κ2) is 5.45.